The lowest BCUT2D eigenvalue weighted by molar-refractivity contribution is 0.534. The summed E-state index contributed by atoms with van der Waals surface area (Å²) in [5.41, 5.74) is 8.43. The van der Waals surface area contributed by atoms with Gasteiger partial charge in [-0.25, -0.2) is 0 Å². The van der Waals surface area contributed by atoms with Crippen LogP contribution in [-0.2, 0) is 13.0 Å². The first-order valence-electron chi connectivity index (χ1n) is 6.49. The predicted molar refractivity (Wildman–Crippen MR) is 74.2 cm³/mol. The molecule has 0 fully saturated rings. The molecular formula is C15H22N2. The number of nitrogens with two attached hydrogens (primary N) is 1. The van der Waals surface area contributed by atoms with Crippen LogP contribution in [0.4, 0.5) is 0 Å². The molecule has 0 aliphatic carbocycles. The number of nitrogens with zero attached hydrogens (tertiary/aromatic N) is 1. The standard InChI is InChI=1S/C15H22N2/c1-12(2)11-17-10-8-14-6-3-5-13(15(14)17)7-4-9-16/h3,5-6,8,10,12H,4,7,9,11,16H2,1-2H3. The summed E-state index contributed by atoms with van der Waals surface area (Å²) < 4.78 is 2.38. The van der Waals surface area contributed by atoms with Gasteiger partial charge < -0.3 is 10.3 Å². The van der Waals surface area contributed by atoms with Crippen molar-refractivity contribution in [2.24, 2.45) is 11.7 Å². The van der Waals surface area contributed by atoms with Gasteiger partial charge in [0, 0.05) is 12.7 Å². The van der Waals surface area contributed by atoms with Gasteiger partial charge in [0.15, 0.2) is 0 Å². The zero-order valence-electron chi connectivity index (χ0n) is 10.8. The summed E-state index contributed by atoms with van der Waals surface area (Å²) in [6.45, 7) is 6.37. The summed E-state index contributed by atoms with van der Waals surface area (Å²) in [5.74, 6) is 0.674. The summed E-state index contributed by atoms with van der Waals surface area (Å²) in [4.78, 5) is 0. The molecule has 17 heavy (non-hydrogen) atoms. The normalized spacial score (nSPS) is 11.5. The molecule has 1 aromatic heterocycles. The van der Waals surface area contributed by atoms with E-state index in [1.54, 1.807) is 0 Å². The van der Waals surface area contributed by atoms with Crippen LogP contribution < -0.4 is 5.73 Å². The van der Waals surface area contributed by atoms with E-state index in [1.807, 2.05) is 0 Å². The minimum atomic E-state index is 0.674. The lowest BCUT2D eigenvalue weighted by Gasteiger charge is -2.11. The van der Waals surface area contributed by atoms with E-state index in [2.05, 4.69) is 48.9 Å². The summed E-state index contributed by atoms with van der Waals surface area (Å²) in [6, 6.07) is 8.78. The van der Waals surface area contributed by atoms with E-state index in [9.17, 15) is 0 Å². The first kappa shape index (κ1) is 12.2. The van der Waals surface area contributed by atoms with E-state index in [-0.39, 0.29) is 0 Å². The summed E-state index contributed by atoms with van der Waals surface area (Å²) in [7, 11) is 0. The Bertz CT molecular complexity index is 483. The molecule has 2 aromatic rings. The van der Waals surface area contributed by atoms with E-state index < -0.39 is 0 Å². The maximum atomic E-state index is 5.61. The first-order chi connectivity index (χ1) is 8.22. The Morgan fingerprint density at radius 3 is 2.76 bits per heavy atom. The van der Waals surface area contributed by atoms with Crippen LogP contribution in [0, 0.1) is 5.92 Å². The molecule has 2 rings (SSSR count). The minimum Gasteiger partial charge on any atom is -0.347 e. The molecule has 2 heteroatoms. The van der Waals surface area contributed by atoms with E-state index in [0.717, 1.165) is 25.9 Å². The van der Waals surface area contributed by atoms with E-state index in [1.165, 1.54) is 16.5 Å². The topological polar surface area (TPSA) is 30.9 Å². The van der Waals surface area contributed by atoms with Gasteiger partial charge in [0.2, 0.25) is 0 Å². The van der Waals surface area contributed by atoms with Gasteiger partial charge in [-0.15, -0.1) is 0 Å². The minimum absolute atomic E-state index is 0.674. The third-order valence-corrected chi connectivity index (χ3v) is 3.08. The molecule has 2 N–H and O–H groups in total. The Labute approximate surface area is 103 Å². The second-order valence-electron chi connectivity index (χ2n) is 5.11. The molecule has 0 radical (unpaired) electrons. The third-order valence-electron chi connectivity index (χ3n) is 3.08. The van der Waals surface area contributed by atoms with Crippen LogP contribution in [0.25, 0.3) is 10.9 Å². The molecule has 92 valence electrons. The molecule has 0 aliphatic heterocycles. The Kier molecular flexibility index (Phi) is 3.85. The van der Waals surface area contributed by atoms with Crippen molar-refractivity contribution >= 4 is 10.9 Å². The van der Waals surface area contributed by atoms with Crippen molar-refractivity contribution < 1.29 is 0 Å². The molecule has 0 saturated carbocycles. The zero-order chi connectivity index (χ0) is 12.3. The molecule has 2 nitrogen and oxygen atoms in total. The second-order valence-corrected chi connectivity index (χ2v) is 5.11. The number of fused-ring (bicyclic) bond motifs is 1. The molecule has 0 aliphatic rings. The Balaban J connectivity index is 2.40. The lowest BCUT2D eigenvalue weighted by Crippen LogP contribution is -2.05. The van der Waals surface area contributed by atoms with Crippen molar-refractivity contribution in [1.82, 2.24) is 4.57 Å². The van der Waals surface area contributed by atoms with Crippen molar-refractivity contribution in [3.8, 4) is 0 Å². The smallest absolute Gasteiger partial charge is 0.0512 e. The fourth-order valence-corrected chi connectivity index (χ4v) is 2.38. The SMILES string of the molecule is CC(C)Cn1ccc2cccc(CCCN)c21. The Morgan fingerprint density at radius 2 is 2.06 bits per heavy atom. The van der Waals surface area contributed by atoms with Crippen molar-refractivity contribution in [3.05, 3.63) is 36.0 Å². The summed E-state index contributed by atoms with van der Waals surface area (Å²) in [6.07, 6.45) is 4.35. The average Bonchev–Trinajstić information content (AvgIpc) is 2.70. The lowest BCUT2D eigenvalue weighted by atomic mass is 10.1. The maximum absolute atomic E-state index is 5.61. The molecule has 0 bridgehead atoms. The Hall–Kier alpha value is -1.28. The van der Waals surface area contributed by atoms with Crippen LogP contribution in [0.1, 0.15) is 25.8 Å². The van der Waals surface area contributed by atoms with E-state index >= 15 is 0 Å². The highest BCUT2D eigenvalue weighted by Gasteiger charge is 2.07. The average molecular weight is 230 g/mol. The number of hydrogen-bond donors (Lipinski definition) is 1. The van der Waals surface area contributed by atoms with Crippen molar-refractivity contribution in [3.63, 3.8) is 0 Å². The van der Waals surface area contributed by atoms with Crippen molar-refractivity contribution in [1.29, 1.82) is 0 Å². The fraction of sp³-hybridized carbons (Fsp3) is 0.467. The zero-order valence-corrected chi connectivity index (χ0v) is 10.8. The highest BCUT2D eigenvalue weighted by Crippen LogP contribution is 2.22. The molecule has 0 amide bonds. The fourth-order valence-electron chi connectivity index (χ4n) is 2.38. The number of rotatable bonds is 5. The maximum Gasteiger partial charge on any atom is 0.0512 e. The van der Waals surface area contributed by atoms with Gasteiger partial charge in [0.1, 0.15) is 0 Å². The van der Waals surface area contributed by atoms with Gasteiger partial charge >= 0.3 is 0 Å². The van der Waals surface area contributed by atoms with Gasteiger partial charge in [-0.1, -0.05) is 32.0 Å². The summed E-state index contributed by atoms with van der Waals surface area (Å²) >= 11 is 0. The van der Waals surface area contributed by atoms with Crippen LogP contribution in [0.2, 0.25) is 0 Å². The van der Waals surface area contributed by atoms with Crippen molar-refractivity contribution in [2.75, 3.05) is 6.54 Å². The molecule has 0 atom stereocenters. The number of para-hydroxylation sites is 1. The third kappa shape index (κ3) is 2.70. The first-order valence-corrected chi connectivity index (χ1v) is 6.49. The molecule has 1 heterocycles. The van der Waals surface area contributed by atoms with Crippen LogP contribution in [0.3, 0.4) is 0 Å². The van der Waals surface area contributed by atoms with Gasteiger partial charge in [-0.2, -0.15) is 0 Å². The van der Waals surface area contributed by atoms with Gasteiger partial charge in [-0.05, 0) is 42.3 Å². The van der Waals surface area contributed by atoms with Crippen LogP contribution in [0.5, 0.6) is 0 Å². The number of benzene rings is 1. The molecule has 0 unspecified atom stereocenters. The number of aryl methyl sites for hydroxylation is 1. The Morgan fingerprint density at radius 1 is 1.24 bits per heavy atom. The van der Waals surface area contributed by atoms with E-state index in [0.29, 0.717) is 5.92 Å². The van der Waals surface area contributed by atoms with Gasteiger partial charge in [0.05, 0.1) is 5.52 Å². The molecular weight excluding hydrogens is 208 g/mol. The molecule has 0 saturated heterocycles. The van der Waals surface area contributed by atoms with Crippen LogP contribution in [0.15, 0.2) is 30.5 Å². The highest BCUT2D eigenvalue weighted by atomic mass is 15.0. The number of hydrogen-bond acceptors (Lipinski definition) is 1. The molecule has 1 aromatic carbocycles. The van der Waals surface area contributed by atoms with Crippen LogP contribution >= 0.6 is 0 Å². The molecule has 0 spiro atoms. The van der Waals surface area contributed by atoms with Crippen LogP contribution in [-0.4, -0.2) is 11.1 Å². The highest BCUT2D eigenvalue weighted by molar-refractivity contribution is 5.83. The van der Waals surface area contributed by atoms with Gasteiger partial charge in [-0.3, -0.25) is 0 Å². The largest absolute Gasteiger partial charge is 0.347 e. The van der Waals surface area contributed by atoms with E-state index in [4.69, 9.17) is 5.73 Å². The monoisotopic (exact) mass is 230 g/mol. The number of aromatic nitrogens is 1. The summed E-state index contributed by atoms with van der Waals surface area (Å²) in [5, 5.41) is 1.35. The van der Waals surface area contributed by atoms with Crippen molar-refractivity contribution in [2.45, 2.75) is 33.2 Å². The second kappa shape index (κ2) is 5.37. The quantitative estimate of drug-likeness (QED) is 0.840. The van der Waals surface area contributed by atoms with Gasteiger partial charge in [0.25, 0.3) is 0 Å². The predicted octanol–water partition coefficient (Wildman–Crippen LogP) is 3.19.